The Kier molecular flexibility index (Phi) is 5.78. The molecule has 0 saturated carbocycles. The molecule has 1 aliphatic heterocycles. The highest BCUT2D eigenvalue weighted by atomic mass is 32.1. The van der Waals surface area contributed by atoms with Gasteiger partial charge in [0, 0.05) is 33.7 Å². The molecule has 1 N–H and O–H groups in total. The van der Waals surface area contributed by atoms with Crippen molar-refractivity contribution in [2.75, 3.05) is 16.8 Å². The third kappa shape index (κ3) is 4.01. The molecule has 0 amide bonds. The smallest absolute Gasteiger partial charge is 0.0612 e. The Hall–Kier alpha value is -5.38. The van der Waals surface area contributed by atoms with Gasteiger partial charge in [0.2, 0.25) is 0 Å². The molecule has 0 radical (unpaired) electrons. The summed E-state index contributed by atoms with van der Waals surface area (Å²) in [5.41, 5.74) is 7.23. The van der Waals surface area contributed by atoms with Crippen LogP contribution < -0.4 is 10.2 Å². The Labute approximate surface area is 260 Å². The number of nitrogens with zero attached hydrogens (tertiary/aromatic N) is 1. The van der Waals surface area contributed by atoms with Crippen molar-refractivity contribution in [3.63, 3.8) is 0 Å². The fraction of sp³-hybridized carbons (Fsp3) is 0.0244. The SMILES string of the molecule is C1=C(c2ccc(N(c3ccccc3)c3ccc4c(ccc5ccc6ccccc6c54)c3)cc2)c2sc3ccccc3c2NC1. The molecular weight excluding hydrogens is 553 g/mol. The van der Waals surface area contributed by atoms with Gasteiger partial charge in [0.15, 0.2) is 0 Å². The summed E-state index contributed by atoms with van der Waals surface area (Å²) in [4.78, 5) is 3.68. The van der Waals surface area contributed by atoms with Crippen LogP contribution in [0.3, 0.4) is 0 Å². The van der Waals surface area contributed by atoms with Gasteiger partial charge in [-0.1, -0.05) is 109 Å². The summed E-state index contributed by atoms with van der Waals surface area (Å²) in [6.07, 6.45) is 2.32. The number of para-hydroxylation sites is 1. The molecule has 44 heavy (non-hydrogen) atoms. The van der Waals surface area contributed by atoms with E-state index >= 15 is 0 Å². The maximum Gasteiger partial charge on any atom is 0.0612 e. The van der Waals surface area contributed by atoms with Crippen LogP contribution in [0.2, 0.25) is 0 Å². The van der Waals surface area contributed by atoms with Gasteiger partial charge in [0.1, 0.15) is 0 Å². The summed E-state index contributed by atoms with van der Waals surface area (Å²) in [6.45, 7) is 0.835. The molecule has 2 nitrogen and oxygen atoms in total. The molecule has 0 bridgehead atoms. The third-order valence-corrected chi connectivity index (χ3v) is 10.0. The molecule has 0 fully saturated rings. The monoisotopic (exact) mass is 580 g/mol. The molecule has 9 rings (SSSR count). The summed E-state index contributed by atoms with van der Waals surface area (Å²) in [5.74, 6) is 0. The van der Waals surface area contributed by atoms with Gasteiger partial charge in [0.25, 0.3) is 0 Å². The van der Waals surface area contributed by atoms with E-state index in [4.69, 9.17) is 0 Å². The topological polar surface area (TPSA) is 15.3 Å². The normalized spacial score (nSPS) is 12.8. The number of hydrogen-bond acceptors (Lipinski definition) is 3. The van der Waals surface area contributed by atoms with Crippen molar-refractivity contribution in [3.05, 3.63) is 162 Å². The van der Waals surface area contributed by atoms with Crippen molar-refractivity contribution in [2.45, 2.75) is 0 Å². The summed E-state index contributed by atoms with van der Waals surface area (Å²) in [7, 11) is 0. The zero-order valence-corrected chi connectivity index (χ0v) is 24.8. The van der Waals surface area contributed by atoms with E-state index in [1.165, 1.54) is 64.1 Å². The van der Waals surface area contributed by atoms with Crippen molar-refractivity contribution in [2.24, 2.45) is 0 Å². The van der Waals surface area contributed by atoms with Gasteiger partial charge in [0.05, 0.1) is 10.6 Å². The third-order valence-electron chi connectivity index (χ3n) is 8.84. The standard InChI is InChI=1S/C41H28N2S/c1-2-9-31(10-3-1)43(33-22-23-35-30(26-33)17-16-29-15-14-27-8-4-5-11-34(27)39(29)35)32-20-18-28(19-21-32)36-24-25-42-40-37-12-6-7-13-38(37)44-41(36)40/h1-24,26,42H,25H2. The molecule has 3 heteroatoms. The predicted molar refractivity (Wildman–Crippen MR) is 191 cm³/mol. The number of fused-ring (bicyclic) bond motifs is 8. The van der Waals surface area contributed by atoms with Gasteiger partial charge in [-0.25, -0.2) is 0 Å². The summed E-state index contributed by atoms with van der Waals surface area (Å²) in [6, 6.07) is 53.0. The molecule has 208 valence electrons. The van der Waals surface area contributed by atoms with E-state index in [9.17, 15) is 0 Å². The van der Waals surface area contributed by atoms with Crippen LogP contribution in [0.5, 0.6) is 0 Å². The van der Waals surface area contributed by atoms with Crippen molar-refractivity contribution in [1.82, 2.24) is 0 Å². The number of anilines is 4. The largest absolute Gasteiger partial charge is 0.380 e. The highest BCUT2D eigenvalue weighted by Gasteiger charge is 2.20. The quantitative estimate of drug-likeness (QED) is 0.208. The van der Waals surface area contributed by atoms with E-state index in [-0.39, 0.29) is 0 Å². The highest BCUT2D eigenvalue weighted by Crippen LogP contribution is 2.45. The van der Waals surface area contributed by atoms with E-state index in [0.717, 1.165) is 23.6 Å². The number of thiophene rings is 1. The van der Waals surface area contributed by atoms with Gasteiger partial charge in [-0.05, 0) is 85.9 Å². The second kappa shape index (κ2) is 10.1. The first-order valence-corrected chi connectivity index (χ1v) is 15.9. The van der Waals surface area contributed by atoms with Crippen molar-refractivity contribution >= 4 is 82.1 Å². The Morgan fingerprint density at radius 1 is 0.523 bits per heavy atom. The lowest BCUT2D eigenvalue weighted by molar-refractivity contribution is 1.28. The maximum absolute atomic E-state index is 3.62. The van der Waals surface area contributed by atoms with Crippen LogP contribution in [-0.2, 0) is 0 Å². The lowest BCUT2D eigenvalue weighted by Crippen LogP contribution is -2.10. The minimum absolute atomic E-state index is 0.835. The second-order valence-electron chi connectivity index (χ2n) is 11.4. The Morgan fingerprint density at radius 3 is 2.05 bits per heavy atom. The van der Waals surface area contributed by atoms with Gasteiger partial charge >= 0.3 is 0 Å². The lowest BCUT2D eigenvalue weighted by Gasteiger charge is -2.26. The molecular formula is C41H28N2S. The van der Waals surface area contributed by atoms with Gasteiger partial charge in [-0.3, -0.25) is 0 Å². The Morgan fingerprint density at radius 2 is 1.18 bits per heavy atom. The molecule has 7 aromatic carbocycles. The second-order valence-corrected chi connectivity index (χ2v) is 12.4. The van der Waals surface area contributed by atoms with Crippen LogP contribution in [0.1, 0.15) is 10.4 Å². The number of benzene rings is 7. The zero-order valence-electron chi connectivity index (χ0n) is 24.0. The van der Waals surface area contributed by atoms with Crippen LogP contribution in [-0.4, -0.2) is 6.54 Å². The van der Waals surface area contributed by atoms with E-state index in [1.54, 1.807) is 0 Å². The van der Waals surface area contributed by atoms with E-state index in [1.807, 2.05) is 11.3 Å². The molecule has 0 unspecified atom stereocenters. The zero-order chi connectivity index (χ0) is 29.0. The molecule has 1 aliphatic rings. The average Bonchev–Trinajstić information content (AvgIpc) is 3.48. The van der Waals surface area contributed by atoms with Gasteiger partial charge in [-0.15, -0.1) is 11.3 Å². The lowest BCUT2D eigenvalue weighted by atomic mass is 9.96. The molecule has 1 aromatic heterocycles. The summed E-state index contributed by atoms with van der Waals surface area (Å²) in [5, 5.41) is 12.6. The number of rotatable bonds is 4. The predicted octanol–water partition coefficient (Wildman–Crippen LogP) is 11.7. The van der Waals surface area contributed by atoms with Gasteiger partial charge in [-0.2, -0.15) is 0 Å². The van der Waals surface area contributed by atoms with Crippen LogP contribution in [0.25, 0.3) is 48.0 Å². The van der Waals surface area contributed by atoms with E-state index in [0.29, 0.717) is 0 Å². The van der Waals surface area contributed by atoms with E-state index < -0.39 is 0 Å². The fourth-order valence-corrected chi connectivity index (χ4v) is 8.03. The maximum atomic E-state index is 3.62. The Balaban J connectivity index is 1.15. The van der Waals surface area contributed by atoms with E-state index in [2.05, 4.69) is 162 Å². The molecule has 0 atom stereocenters. The molecule has 2 heterocycles. The molecule has 8 aromatic rings. The number of nitrogens with one attached hydrogen (secondary N) is 1. The van der Waals surface area contributed by atoms with Crippen LogP contribution >= 0.6 is 11.3 Å². The average molecular weight is 581 g/mol. The van der Waals surface area contributed by atoms with Crippen molar-refractivity contribution in [1.29, 1.82) is 0 Å². The minimum atomic E-state index is 0.835. The van der Waals surface area contributed by atoms with Gasteiger partial charge < -0.3 is 10.2 Å². The van der Waals surface area contributed by atoms with Crippen molar-refractivity contribution < 1.29 is 0 Å². The fourth-order valence-electron chi connectivity index (χ4n) is 6.78. The summed E-state index contributed by atoms with van der Waals surface area (Å²) >= 11 is 1.87. The highest BCUT2D eigenvalue weighted by molar-refractivity contribution is 7.21. The molecule has 0 aliphatic carbocycles. The van der Waals surface area contributed by atoms with Crippen LogP contribution in [0.4, 0.5) is 22.7 Å². The molecule has 0 saturated heterocycles. The van der Waals surface area contributed by atoms with Crippen molar-refractivity contribution in [3.8, 4) is 0 Å². The van der Waals surface area contributed by atoms with Crippen LogP contribution in [0, 0.1) is 0 Å². The molecule has 0 spiro atoms. The Bertz CT molecular complexity index is 2380. The first kappa shape index (κ1) is 25.1. The van der Waals surface area contributed by atoms with Crippen LogP contribution in [0.15, 0.2) is 152 Å². The minimum Gasteiger partial charge on any atom is -0.380 e. The first-order chi connectivity index (χ1) is 21.8. The summed E-state index contributed by atoms with van der Waals surface area (Å²) < 4.78 is 1.32. The first-order valence-electron chi connectivity index (χ1n) is 15.1. The number of hydrogen-bond donors (Lipinski definition) is 1.